The molecule has 1 aromatic carbocycles. The zero-order valence-corrected chi connectivity index (χ0v) is 9.99. The molecule has 2 nitrogen and oxygen atoms in total. The van der Waals surface area contributed by atoms with Crippen LogP contribution in [0.3, 0.4) is 0 Å². The van der Waals surface area contributed by atoms with Gasteiger partial charge < -0.3 is 4.74 Å². The largest absolute Gasteiger partial charge is 0.454 e. The lowest BCUT2D eigenvalue weighted by atomic mass is 10.3. The van der Waals surface area contributed by atoms with Crippen LogP contribution in [0.25, 0.3) is 0 Å². The Balaban J connectivity index is 2.30. The van der Waals surface area contributed by atoms with Gasteiger partial charge in [0.15, 0.2) is 0 Å². The molecule has 0 bridgehead atoms. The minimum absolute atomic E-state index is 0.494. The van der Waals surface area contributed by atoms with Crippen LogP contribution in [0.5, 0.6) is 11.5 Å². The highest BCUT2D eigenvalue weighted by atomic mass is 79.9. The Kier molecular flexibility index (Phi) is 3.23. The predicted octanol–water partition coefficient (Wildman–Crippen LogP) is 4.29. The van der Waals surface area contributed by atoms with Crippen LogP contribution in [0.4, 0.5) is 0 Å². The van der Waals surface area contributed by atoms with Crippen LogP contribution in [-0.4, -0.2) is 4.98 Å². The summed E-state index contributed by atoms with van der Waals surface area (Å²) >= 11 is 9.32. The quantitative estimate of drug-likeness (QED) is 0.821. The molecule has 0 aliphatic rings. The number of aromatic nitrogens is 1. The molecule has 2 rings (SSSR count). The van der Waals surface area contributed by atoms with Gasteiger partial charge in [-0.25, -0.2) is 0 Å². The van der Waals surface area contributed by atoms with Gasteiger partial charge in [-0.05, 0) is 28.1 Å². The van der Waals surface area contributed by atoms with Crippen molar-refractivity contribution in [1.82, 2.24) is 4.98 Å². The van der Waals surface area contributed by atoms with E-state index in [0.717, 1.165) is 10.2 Å². The topological polar surface area (TPSA) is 22.1 Å². The van der Waals surface area contributed by atoms with Gasteiger partial charge in [-0.1, -0.05) is 23.7 Å². The van der Waals surface area contributed by atoms with Gasteiger partial charge in [0.05, 0.1) is 4.47 Å². The summed E-state index contributed by atoms with van der Waals surface area (Å²) in [5.74, 6) is 1.32. The molecule has 1 heterocycles. The Morgan fingerprint density at radius 1 is 1.13 bits per heavy atom. The average Bonchev–Trinajstić information content (AvgIpc) is 2.24. The summed E-state index contributed by atoms with van der Waals surface area (Å²) in [6.45, 7) is 0. The van der Waals surface area contributed by atoms with Crippen molar-refractivity contribution in [3.05, 3.63) is 52.2 Å². The van der Waals surface area contributed by atoms with Crippen molar-refractivity contribution in [3.8, 4) is 11.5 Å². The number of rotatable bonds is 2. The first kappa shape index (κ1) is 10.5. The molecular formula is C11H7BrClNO. The third-order valence-electron chi connectivity index (χ3n) is 1.79. The lowest BCUT2D eigenvalue weighted by Gasteiger charge is -2.07. The van der Waals surface area contributed by atoms with Gasteiger partial charge in [-0.3, -0.25) is 4.98 Å². The van der Waals surface area contributed by atoms with E-state index in [1.54, 1.807) is 18.5 Å². The van der Waals surface area contributed by atoms with E-state index in [0.29, 0.717) is 10.8 Å². The third kappa shape index (κ3) is 2.49. The second-order valence-corrected chi connectivity index (χ2v) is 4.10. The molecular weight excluding hydrogens is 277 g/mol. The van der Waals surface area contributed by atoms with Crippen LogP contribution in [0.1, 0.15) is 0 Å². The fraction of sp³-hybridized carbons (Fsp3) is 0. The Morgan fingerprint density at radius 2 is 1.93 bits per heavy atom. The van der Waals surface area contributed by atoms with Gasteiger partial charge in [0.25, 0.3) is 0 Å². The van der Waals surface area contributed by atoms with E-state index in [4.69, 9.17) is 16.3 Å². The number of para-hydroxylation sites is 1. The zero-order chi connectivity index (χ0) is 10.7. The summed E-state index contributed by atoms with van der Waals surface area (Å²) in [6, 6.07) is 9.31. The summed E-state index contributed by atoms with van der Waals surface area (Å²) in [5, 5.41) is 0.494. The molecule has 76 valence electrons. The van der Waals surface area contributed by atoms with E-state index in [1.807, 2.05) is 24.3 Å². The highest BCUT2D eigenvalue weighted by Crippen LogP contribution is 2.32. The monoisotopic (exact) mass is 283 g/mol. The highest BCUT2D eigenvalue weighted by Gasteiger charge is 2.04. The molecule has 0 amide bonds. The summed E-state index contributed by atoms with van der Waals surface area (Å²) in [5.41, 5.74) is 0. The van der Waals surface area contributed by atoms with Crippen molar-refractivity contribution >= 4 is 27.5 Å². The molecule has 0 spiro atoms. The summed E-state index contributed by atoms with van der Waals surface area (Å²) in [6.07, 6.45) is 3.19. The molecule has 2 aromatic rings. The number of hydrogen-bond acceptors (Lipinski definition) is 2. The molecule has 0 N–H and O–H groups in total. The molecule has 0 aliphatic carbocycles. The van der Waals surface area contributed by atoms with E-state index in [1.165, 1.54) is 0 Å². The van der Waals surface area contributed by atoms with E-state index in [2.05, 4.69) is 20.9 Å². The number of pyridine rings is 1. The van der Waals surface area contributed by atoms with Gasteiger partial charge >= 0.3 is 0 Å². The van der Waals surface area contributed by atoms with Crippen LogP contribution >= 0.6 is 27.5 Å². The predicted molar refractivity (Wildman–Crippen MR) is 63.5 cm³/mol. The van der Waals surface area contributed by atoms with Crippen molar-refractivity contribution in [3.63, 3.8) is 0 Å². The Labute approximate surface area is 101 Å². The van der Waals surface area contributed by atoms with Crippen LogP contribution < -0.4 is 4.74 Å². The van der Waals surface area contributed by atoms with Gasteiger partial charge in [-0.2, -0.15) is 0 Å². The van der Waals surface area contributed by atoms with Gasteiger partial charge in [0.2, 0.25) is 0 Å². The Hall–Kier alpha value is -1.06. The molecule has 1 aromatic heterocycles. The maximum atomic E-state index is 5.92. The summed E-state index contributed by atoms with van der Waals surface area (Å²) in [4.78, 5) is 3.89. The molecule has 15 heavy (non-hydrogen) atoms. The van der Waals surface area contributed by atoms with Crippen molar-refractivity contribution in [2.24, 2.45) is 0 Å². The molecule has 0 saturated carbocycles. The number of nitrogens with zero attached hydrogens (tertiary/aromatic N) is 1. The normalized spacial score (nSPS) is 10.0. The first-order chi connectivity index (χ1) is 7.27. The number of hydrogen-bond donors (Lipinski definition) is 0. The van der Waals surface area contributed by atoms with Crippen LogP contribution in [0.2, 0.25) is 5.02 Å². The maximum Gasteiger partial charge on any atom is 0.149 e. The lowest BCUT2D eigenvalue weighted by molar-refractivity contribution is 0.479. The smallest absolute Gasteiger partial charge is 0.149 e. The number of ether oxygens (including phenoxy) is 1. The van der Waals surface area contributed by atoms with Crippen molar-refractivity contribution in [2.45, 2.75) is 0 Å². The van der Waals surface area contributed by atoms with Crippen molar-refractivity contribution < 1.29 is 4.74 Å². The van der Waals surface area contributed by atoms with Crippen LogP contribution in [0.15, 0.2) is 47.2 Å². The van der Waals surface area contributed by atoms with Gasteiger partial charge in [-0.15, -0.1) is 0 Å². The molecule has 0 radical (unpaired) electrons. The number of benzene rings is 1. The minimum Gasteiger partial charge on any atom is -0.454 e. The third-order valence-corrected chi connectivity index (χ3v) is 2.73. The first-order valence-corrected chi connectivity index (χ1v) is 5.46. The van der Waals surface area contributed by atoms with Crippen LogP contribution in [0, 0.1) is 0 Å². The SMILES string of the molecule is Clc1cnccc1Oc1ccccc1Br. The van der Waals surface area contributed by atoms with Gasteiger partial charge in [0.1, 0.15) is 16.5 Å². The Bertz CT molecular complexity index is 432. The fourth-order valence-electron chi connectivity index (χ4n) is 1.09. The molecule has 0 fully saturated rings. The van der Waals surface area contributed by atoms with E-state index < -0.39 is 0 Å². The zero-order valence-electron chi connectivity index (χ0n) is 7.65. The standard InChI is InChI=1S/C11H7BrClNO/c12-8-3-1-2-4-10(8)15-11-5-6-14-7-9(11)13/h1-7H. The second kappa shape index (κ2) is 4.64. The molecule has 0 unspecified atom stereocenters. The minimum atomic E-state index is 0.494. The fourth-order valence-corrected chi connectivity index (χ4v) is 1.61. The first-order valence-electron chi connectivity index (χ1n) is 4.29. The molecule has 0 atom stereocenters. The summed E-state index contributed by atoms with van der Waals surface area (Å²) in [7, 11) is 0. The summed E-state index contributed by atoms with van der Waals surface area (Å²) < 4.78 is 6.51. The van der Waals surface area contributed by atoms with Gasteiger partial charge in [0, 0.05) is 18.5 Å². The number of halogens is 2. The average molecular weight is 285 g/mol. The van der Waals surface area contributed by atoms with E-state index in [9.17, 15) is 0 Å². The lowest BCUT2D eigenvalue weighted by Crippen LogP contribution is -1.86. The highest BCUT2D eigenvalue weighted by molar-refractivity contribution is 9.10. The molecule has 4 heteroatoms. The van der Waals surface area contributed by atoms with E-state index >= 15 is 0 Å². The van der Waals surface area contributed by atoms with Crippen LogP contribution in [-0.2, 0) is 0 Å². The molecule has 0 aliphatic heterocycles. The second-order valence-electron chi connectivity index (χ2n) is 2.84. The van der Waals surface area contributed by atoms with Crippen molar-refractivity contribution in [1.29, 1.82) is 0 Å². The molecule has 0 saturated heterocycles. The maximum absolute atomic E-state index is 5.92. The van der Waals surface area contributed by atoms with E-state index in [-0.39, 0.29) is 0 Å². The Morgan fingerprint density at radius 3 is 2.67 bits per heavy atom. The van der Waals surface area contributed by atoms with Crippen molar-refractivity contribution in [2.75, 3.05) is 0 Å².